The second-order valence-electron chi connectivity index (χ2n) is 10.4. The number of benzene rings is 2. The molecule has 1 atom stereocenters. The molecule has 34 heavy (non-hydrogen) atoms. The van der Waals surface area contributed by atoms with Gasteiger partial charge in [0, 0.05) is 27.9 Å². The molecule has 3 aliphatic rings. The summed E-state index contributed by atoms with van der Waals surface area (Å²) in [7, 11) is 0. The number of carbonyl (C=O) groups is 2. The van der Waals surface area contributed by atoms with Crippen molar-refractivity contribution in [2.75, 3.05) is 11.4 Å². The quantitative estimate of drug-likeness (QED) is 0.547. The van der Waals surface area contributed by atoms with E-state index in [1.807, 2.05) is 35.2 Å². The highest BCUT2D eigenvalue weighted by Gasteiger charge is 2.64. The Hall–Kier alpha value is -2.18. The summed E-state index contributed by atoms with van der Waals surface area (Å²) in [5.41, 5.74) is 3.87. The number of urea groups is 1. The third-order valence-corrected chi connectivity index (χ3v) is 9.09. The summed E-state index contributed by atoms with van der Waals surface area (Å²) in [6.07, 6.45) is 5.49. The van der Waals surface area contributed by atoms with Gasteiger partial charge < -0.3 is 10.2 Å². The Balaban J connectivity index is 1.56. The Labute approximate surface area is 211 Å². The molecule has 0 aromatic heterocycles. The number of fused-ring (bicyclic) bond motifs is 2. The fraction of sp³-hybridized carbons (Fsp3) is 0.481. The van der Waals surface area contributed by atoms with Gasteiger partial charge in [0.1, 0.15) is 0 Å². The summed E-state index contributed by atoms with van der Waals surface area (Å²) in [6.45, 7) is 7.22. The number of rotatable bonds is 3. The van der Waals surface area contributed by atoms with Crippen molar-refractivity contribution in [2.45, 2.75) is 75.1 Å². The second kappa shape index (κ2) is 8.80. The van der Waals surface area contributed by atoms with Gasteiger partial charge in [0.15, 0.2) is 4.87 Å². The lowest BCUT2D eigenvalue weighted by Crippen LogP contribution is -2.55. The number of aryl methyl sites for hydroxylation is 1. The van der Waals surface area contributed by atoms with Crippen molar-refractivity contribution < 1.29 is 9.59 Å². The number of nitrogens with one attached hydrogen (secondary N) is 1. The van der Waals surface area contributed by atoms with Gasteiger partial charge in [-0.05, 0) is 62.9 Å². The molecule has 2 aromatic carbocycles. The molecule has 2 heterocycles. The first-order valence-corrected chi connectivity index (χ1v) is 13.4. The van der Waals surface area contributed by atoms with E-state index in [9.17, 15) is 9.59 Å². The summed E-state index contributed by atoms with van der Waals surface area (Å²) in [4.78, 5) is 30.6. The first kappa shape index (κ1) is 23.6. The Kier molecular flexibility index (Phi) is 6.09. The molecular weight excluding hydrogens is 466 g/mol. The Morgan fingerprint density at radius 1 is 1.15 bits per heavy atom. The van der Waals surface area contributed by atoms with Crippen molar-refractivity contribution in [2.24, 2.45) is 0 Å². The average Bonchev–Trinajstić information content (AvgIpc) is 3.22. The predicted molar refractivity (Wildman–Crippen MR) is 139 cm³/mol. The zero-order valence-electron chi connectivity index (χ0n) is 20.1. The monoisotopic (exact) mass is 497 g/mol. The highest BCUT2D eigenvalue weighted by Crippen LogP contribution is 2.60. The van der Waals surface area contributed by atoms with Crippen LogP contribution in [0.5, 0.6) is 0 Å². The second-order valence-corrected chi connectivity index (χ2v) is 12.7. The van der Waals surface area contributed by atoms with Gasteiger partial charge in [-0.25, -0.2) is 4.79 Å². The molecule has 3 amide bonds. The molecule has 1 N–H and O–H groups in total. The first-order valence-electron chi connectivity index (χ1n) is 12.2. The molecule has 1 saturated heterocycles. The van der Waals surface area contributed by atoms with E-state index in [-0.39, 0.29) is 22.7 Å². The molecular formula is C27H32ClN3O2S. The van der Waals surface area contributed by atoms with Crippen LogP contribution in [0.2, 0.25) is 5.02 Å². The van der Waals surface area contributed by atoms with Gasteiger partial charge in [0.25, 0.3) is 5.91 Å². The molecule has 2 aliphatic heterocycles. The molecule has 0 radical (unpaired) electrons. The van der Waals surface area contributed by atoms with E-state index < -0.39 is 4.87 Å². The molecule has 0 unspecified atom stereocenters. The Bertz CT molecular complexity index is 1130. The smallest absolute Gasteiger partial charge is 0.319 e. The van der Waals surface area contributed by atoms with Crippen LogP contribution < -0.4 is 10.2 Å². The molecule has 5 rings (SSSR count). The molecule has 2 aromatic rings. The molecule has 7 heteroatoms. The number of nitrogens with zero attached hydrogens (tertiary/aromatic N) is 2. The summed E-state index contributed by atoms with van der Waals surface area (Å²) >= 11 is 8.03. The minimum absolute atomic E-state index is 0.0672. The van der Waals surface area contributed by atoms with Gasteiger partial charge in [-0.3, -0.25) is 9.69 Å². The summed E-state index contributed by atoms with van der Waals surface area (Å²) in [5, 5.41) is 3.83. The van der Waals surface area contributed by atoms with Crippen molar-refractivity contribution in [3.05, 3.63) is 64.2 Å². The highest BCUT2D eigenvalue weighted by atomic mass is 35.5. The van der Waals surface area contributed by atoms with Gasteiger partial charge >= 0.3 is 6.03 Å². The van der Waals surface area contributed by atoms with E-state index in [4.69, 9.17) is 11.6 Å². The maximum absolute atomic E-state index is 14.3. The van der Waals surface area contributed by atoms with E-state index in [0.717, 1.165) is 48.1 Å². The zero-order valence-corrected chi connectivity index (χ0v) is 21.6. The lowest BCUT2D eigenvalue weighted by molar-refractivity contribution is -0.123. The lowest BCUT2D eigenvalue weighted by Gasteiger charge is -2.35. The van der Waals surface area contributed by atoms with E-state index in [0.29, 0.717) is 18.1 Å². The van der Waals surface area contributed by atoms with Crippen LogP contribution >= 0.6 is 23.4 Å². The molecule has 2 fully saturated rings. The fourth-order valence-electron chi connectivity index (χ4n) is 5.59. The predicted octanol–water partition coefficient (Wildman–Crippen LogP) is 6.22. The van der Waals surface area contributed by atoms with Crippen molar-refractivity contribution in [3.8, 4) is 0 Å². The zero-order chi connectivity index (χ0) is 24.1. The normalized spacial score (nSPS) is 24.1. The number of anilines is 1. The number of hydrogen-bond donors (Lipinski definition) is 1. The van der Waals surface area contributed by atoms with Crippen LogP contribution in [-0.4, -0.2) is 34.2 Å². The number of halogens is 1. The number of thioether (sulfide) groups is 1. The summed E-state index contributed by atoms with van der Waals surface area (Å²) in [6, 6.07) is 13.8. The maximum atomic E-state index is 14.3. The van der Waals surface area contributed by atoms with Gasteiger partial charge in [-0.1, -0.05) is 55.1 Å². The number of hydrogen-bond acceptors (Lipinski definition) is 3. The minimum Gasteiger partial charge on any atom is -0.335 e. The third-order valence-electron chi connectivity index (χ3n) is 7.26. The molecule has 180 valence electrons. The molecule has 1 aliphatic carbocycles. The SMILES string of the molecule is Cc1ccccc1CN1C(=O)[C@@]2(SC(C)(C)CN2C(=O)NC2CCCCC2)c2cc(Cl)ccc21. The molecule has 1 spiro atoms. The van der Waals surface area contributed by atoms with Gasteiger partial charge in [-0.15, -0.1) is 11.8 Å². The summed E-state index contributed by atoms with van der Waals surface area (Å²) < 4.78 is -0.280. The Morgan fingerprint density at radius 3 is 2.62 bits per heavy atom. The van der Waals surface area contributed by atoms with Crippen LogP contribution in [0.15, 0.2) is 42.5 Å². The standard InChI is InChI=1S/C27H32ClN3O2S/c1-18-9-7-8-10-19(18)16-30-23-14-13-20(28)15-22(23)27(24(30)32)31(17-26(2,3)34-27)25(33)29-21-11-5-4-6-12-21/h7-10,13-15,21H,4-6,11-12,16-17H2,1-3H3,(H,29,33)/t27-/m0/s1. The van der Waals surface area contributed by atoms with Crippen molar-refractivity contribution in [1.82, 2.24) is 10.2 Å². The number of amides is 3. The minimum atomic E-state index is -1.12. The maximum Gasteiger partial charge on any atom is 0.319 e. The van der Waals surface area contributed by atoms with Gasteiger partial charge in [0.2, 0.25) is 0 Å². The van der Waals surface area contributed by atoms with Crippen molar-refractivity contribution >= 4 is 41.0 Å². The molecule has 0 bridgehead atoms. The fourth-order valence-corrected chi connectivity index (χ4v) is 7.48. The van der Waals surface area contributed by atoms with Gasteiger partial charge in [-0.2, -0.15) is 0 Å². The molecule has 1 saturated carbocycles. The average molecular weight is 498 g/mol. The van der Waals surface area contributed by atoms with E-state index in [1.165, 1.54) is 6.42 Å². The van der Waals surface area contributed by atoms with Crippen LogP contribution in [0.3, 0.4) is 0 Å². The van der Waals surface area contributed by atoms with Gasteiger partial charge in [0.05, 0.1) is 12.2 Å². The van der Waals surface area contributed by atoms with E-state index in [1.54, 1.807) is 16.7 Å². The van der Waals surface area contributed by atoms with E-state index in [2.05, 4.69) is 38.2 Å². The molecule has 5 nitrogen and oxygen atoms in total. The van der Waals surface area contributed by atoms with Crippen LogP contribution in [0.1, 0.15) is 62.6 Å². The lowest BCUT2D eigenvalue weighted by atomic mass is 9.95. The highest BCUT2D eigenvalue weighted by molar-refractivity contribution is 8.02. The van der Waals surface area contributed by atoms with Crippen molar-refractivity contribution in [1.29, 1.82) is 0 Å². The first-order chi connectivity index (χ1) is 16.2. The Morgan fingerprint density at radius 2 is 1.88 bits per heavy atom. The largest absolute Gasteiger partial charge is 0.335 e. The van der Waals surface area contributed by atoms with E-state index >= 15 is 0 Å². The van der Waals surface area contributed by atoms with Crippen LogP contribution in [0.25, 0.3) is 0 Å². The van der Waals surface area contributed by atoms with Crippen LogP contribution in [0.4, 0.5) is 10.5 Å². The third kappa shape index (κ3) is 3.99. The van der Waals surface area contributed by atoms with Crippen molar-refractivity contribution in [3.63, 3.8) is 0 Å². The van der Waals surface area contributed by atoms with Crippen LogP contribution in [0, 0.1) is 6.92 Å². The van der Waals surface area contributed by atoms with Crippen LogP contribution in [-0.2, 0) is 16.2 Å². The number of carbonyl (C=O) groups excluding carboxylic acids is 2. The summed E-state index contributed by atoms with van der Waals surface area (Å²) in [5.74, 6) is -0.0672. The topological polar surface area (TPSA) is 52.7 Å².